The number of anilines is 1. The second-order valence-electron chi connectivity index (χ2n) is 7.58. The van der Waals surface area contributed by atoms with Crippen LogP contribution in [-0.2, 0) is 4.74 Å². The van der Waals surface area contributed by atoms with Crippen molar-refractivity contribution in [2.24, 2.45) is 5.92 Å². The number of rotatable bonds is 6. The van der Waals surface area contributed by atoms with Gasteiger partial charge in [0.1, 0.15) is 0 Å². The van der Waals surface area contributed by atoms with Crippen molar-refractivity contribution in [2.45, 2.75) is 38.1 Å². The van der Waals surface area contributed by atoms with Crippen LogP contribution in [0.2, 0.25) is 0 Å². The Kier molecular flexibility index (Phi) is 4.84. The molecule has 2 atom stereocenters. The number of aryl methyl sites for hydroxylation is 1. The van der Waals surface area contributed by atoms with Crippen LogP contribution in [0, 0.1) is 12.8 Å². The Morgan fingerprint density at radius 3 is 2.41 bits per heavy atom. The van der Waals surface area contributed by atoms with Crippen molar-refractivity contribution in [3.63, 3.8) is 0 Å². The highest BCUT2D eigenvalue weighted by atomic mass is 16.5. The van der Waals surface area contributed by atoms with Crippen LogP contribution in [0.25, 0.3) is 0 Å². The molecule has 2 saturated carbocycles. The van der Waals surface area contributed by atoms with E-state index in [4.69, 9.17) is 4.74 Å². The lowest BCUT2D eigenvalue weighted by molar-refractivity contribution is 0.102. The van der Waals surface area contributed by atoms with Gasteiger partial charge in [-0.3, -0.25) is 4.79 Å². The van der Waals surface area contributed by atoms with Crippen LogP contribution in [-0.4, -0.2) is 24.6 Å². The molecule has 0 saturated heterocycles. The zero-order valence-corrected chi connectivity index (χ0v) is 15.4. The minimum absolute atomic E-state index is 0.118. The molecular formula is C22H24N2O3. The van der Waals surface area contributed by atoms with Crippen molar-refractivity contribution in [1.29, 1.82) is 0 Å². The minimum atomic E-state index is -0.309. The fourth-order valence-electron chi connectivity index (χ4n) is 3.12. The quantitative estimate of drug-likeness (QED) is 0.806. The van der Waals surface area contributed by atoms with Crippen LogP contribution in [0.15, 0.2) is 48.5 Å². The summed E-state index contributed by atoms with van der Waals surface area (Å²) in [6.45, 7) is 2.53. The van der Waals surface area contributed by atoms with Crippen molar-refractivity contribution in [3.8, 4) is 0 Å². The van der Waals surface area contributed by atoms with Gasteiger partial charge in [0, 0.05) is 23.2 Å². The van der Waals surface area contributed by atoms with Gasteiger partial charge in [-0.15, -0.1) is 0 Å². The minimum Gasteiger partial charge on any atom is -0.449 e. The van der Waals surface area contributed by atoms with Crippen molar-refractivity contribution < 1.29 is 14.3 Å². The van der Waals surface area contributed by atoms with E-state index in [0.717, 1.165) is 23.2 Å². The van der Waals surface area contributed by atoms with E-state index in [0.29, 0.717) is 24.0 Å². The third kappa shape index (κ3) is 4.67. The molecule has 2 N–H and O–H groups in total. The number of hydrogen-bond acceptors (Lipinski definition) is 3. The van der Waals surface area contributed by atoms with Crippen LogP contribution < -0.4 is 10.6 Å². The van der Waals surface area contributed by atoms with E-state index in [2.05, 4.69) is 10.6 Å². The van der Waals surface area contributed by atoms with Gasteiger partial charge in [0.15, 0.2) is 0 Å². The molecule has 5 heteroatoms. The predicted octanol–water partition coefficient (Wildman–Crippen LogP) is 4.24. The molecule has 2 amide bonds. The molecule has 4 rings (SSSR count). The van der Waals surface area contributed by atoms with E-state index >= 15 is 0 Å². The number of amides is 2. The van der Waals surface area contributed by atoms with Gasteiger partial charge in [0.05, 0.1) is 6.61 Å². The van der Waals surface area contributed by atoms with Crippen molar-refractivity contribution in [2.75, 3.05) is 11.9 Å². The van der Waals surface area contributed by atoms with Gasteiger partial charge in [-0.25, -0.2) is 4.79 Å². The number of nitrogens with one attached hydrogen (secondary N) is 2. The summed E-state index contributed by atoms with van der Waals surface area (Å²) in [5, 5.41) is 5.84. The molecule has 5 nitrogen and oxygen atoms in total. The molecule has 27 heavy (non-hydrogen) atoms. The summed E-state index contributed by atoms with van der Waals surface area (Å²) in [5.74, 6) is 0.779. The SMILES string of the molecule is Cc1ccc(C(=O)Nc2ccc([C@@H]3C[C@H]3NC(=O)OCC3CC3)cc2)cc1. The van der Waals surface area contributed by atoms with Gasteiger partial charge in [-0.2, -0.15) is 0 Å². The van der Waals surface area contributed by atoms with E-state index in [-0.39, 0.29) is 18.0 Å². The normalized spacial score (nSPS) is 20.6. The Hall–Kier alpha value is -2.82. The van der Waals surface area contributed by atoms with E-state index in [1.807, 2.05) is 55.5 Å². The lowest BCUT2D eigenvalue weighted by Crippen LogP contribution is -2.28. The molecule has 0 spiro atoms. The van der Waals surface area contributed by atoms with E-state index < -0.39 is 0 Å². The number of ether oxygens (including phenoxy) is 1. The summed E-state index contributed by atoms with van der Waals surface area (Å²) in [7, 11) is 0. The van der Waals surface area contributed by atoms with Crippen molar-refractivity contribution in [3.05, 3.63) is 65.2 Å². The fraction of sp³-hybridized carbons (Fsp3) is 0.364. The van der Waals surface area contributed by atoms with Gasteiger partial charge < -0.3 is 15.4 Å². The molecule has 0 bridgehead atoms. The Balaban J connectivity index is 1.27. The molecule has 0 aromatic heterocycles. The molecule has 0 unspecified atom stereocenters. The monoisotopic (exact) mass is 364 g/mol. The number of benzene rings is 2. The summed E-state index contributed by atoms with van der Waals surface area (Å²) in [6.07, 6.45) is 2.96. The lowest BCUT2D eigenvalue weighted by atomic mass is 10.1. The Bertz CT molecular complexity index is 826. The van der Waals surface area contributed by atoms with E-state index in [1.165, 1.54) is 12.8 Å². The molecule has 140 valence electrons. The van der Waals surface area contributed by atoms with E-state index in [1.54, 1.807) is 0 Å². The van der Waals surface area contributed by atoms with Gasteiger partial charge in [0.25, 0.3) is 5.91 Å². The lowest BCUT2D eigenvalue weighted by Gasteiger charge is -2.08. The third-order valence-corrected chi connectivity index (χ3v) is 5.15. The van der Waals surface area contributed by atoms with Crippen LogP contribution in [0.5, 0.6) is 0 Å². The first-order valence-corrected chi connectivity index (χ1v) is 9.50. The molecule has 2 aliphatic rings. The Morgan fingerprint density at radius 2 is 1.74 bits per heavy atom. The molecule has 2 aromatic rings. The zero-order valence-electron chi connectivity index (χ0n) is 15.4. The average molecular weight is 364 g/mol. The Morgan fingerprint density at radius 1 is 1.04 bits per heavy atom. The molecular weight excluding hydrogens is 340 g/mol. The zero-order chi connectivity index (χ0) is 18.8. The molecule has 0 radical (unpaired) electrons. The molecule has 0 aliphatic heterocycles. The number of carbonyl (C=O) groups excluding carboxylic acids is 2. The maximum absolute atomic E-state index is 12.3. The first-order chi connectivity index (χ1) is 13.1. The first-order valence-electron chi connectivity index (χ1n) is 9.50. The van der Waals surface area contributed by atoms with E-state index in [9.17, 15) is 9.59 Å². The number of alkyl carbamates (subject to hydrolysis) is 1. The Labute approximate surface area is 159 Å². The van der Waals surface area contributed by atoms with Gasteiger partial charge in [-0.05, 0) is 61.9 Å². The maximum atomic E-state index is 12.3. The highest BCUT2D eigenvalue weighted by molar-refractivity contribution is 6.04. The molecule has 2 aromatic carbocycles. The molecule has 2 aliphatic carbocycles. The highest BCUT2D eigenvalue weighted by Gasteiger charge is 2.40. The van der Waals surface area contributed by atoms with Crippen molar-refractivity contribution >= 4 is 17.7 Å². The summed E-state index contributed by atoms with van der Waals surface area (Å²) >= 11 is 0. The second-order valence-corrected chi connectivity index (χ2v) is 7.58. The topological polar surface area (TPSA) is 67.4 Å². The maximum Gasteiger partial charge on any atom is 0.407 e. The average Bonchev–Trinajstić information content (AvgIpc) is 3.57. The van der Waals surface area contributed by atoms with Crippen LogP contribution >= 0.6 is 0 Å². The van der Waals surface area contributed by atoms with Crippen molar-refractivity contribution in [1.82, 2.24) is 5.32 Å². The third-order valence-electron chi connectivity index (χ3n) is 5.15. The second kappa shape index (κ2) is 7.43. The van der Waals surface area contributed by atoms with Crippen LogP contribution in [0.3, 0.4) is 0 Å². The van der Waals surface area contributed by atoms with Gasteiger partial charge in [0.2, 0.25) is 0 Å². The van der Waals surface area contributed by atoms with Gasteiger partial charge >= 0.3 is 6.09 Å². The highest BCUT2D eigenvalue weighted by Crippen LogP contribution is 2.41. The van der Waals surface area contributed by atoms with Gasteiger partial charge in [-0.1, -0.05) is 29.8 Å². The van der Waals surface area contributed by atoms with Crippen LogP contribution in [0.1, 0.15) is 46.7 Å². The van der Waals surface area contributed by atoms with Crippen LogP contribution in [0.4, 0.5) is 10.5 Å². The summed E-state index contributed by atoms with van der Waals surface area (Å²) < 4.78 is 5.22. The standard InChI is InChI=1S/C22H24N2O3/c1-14-2-6-17(7-3-14)21(25)23-18-10-8-16(9-11-18)19-12-20(19)24-22(26)27-13-15-4-5-15/h2-3,6-11,15,19-20H,4-5,12-13H2,1H3,(H,23,25)(H,24,26)/t19-,20+/m0/s1. The first kappa shape index (κ1) is 17.6. The number of hydrogen-bond donors (Lipinski definition) is 2. The number of carbonyl (C=O) groups is 2. The molecule has 2 fully saturated rings. The molecule has 0 heterocycles. The largest absolute Gasteiger partial charge is 0.449 e. The smallest absolute Gasteiger partial charge is 0.407 e. The summed E-state index contributed by atoms with van der Waals surface area (Å²) in [5.41, 5.74) is 3.69. The summed E-state index contributed by atoms with van der Waals surface area (Å²) in [6, 6.07) is 15.5. The summed E-state index contributed by atoms with van der Waals surface area (Å²) in [4.78, 5) is 24.0. The predicted molar refractivity (Wildman–Crippen MR) is 104 cm³/mol. The fourth-order valence-corrected chi connectivity index (χ4v) is 3.12.